The molecule has 0 saturated heterocycles. The highest BCUT2D eigenvalue weighted by Gasteiger charge is 2.13. The van der Waals surface area contributed by atoms with E-state index in [0.717, 1.165) is 17.7 Å². The predicted molar refractivity (Wildman–Crippen MR) is 114 cm³/mol. The van der Waals surface area contributed by atoms with Crippen molar-refractivity contribution in [1.29, 1.82) is 0 Å². The second-order valence-corrected chi connectivity index (χ2v) is 7.67. The molecule has 0 saturated carbocycles. The molecule has 3 rings (SSSR count). The van der Waals surface area contributed by atoms with Crippen molar-refractivity contribution in [3.63, 3.8) is 0 Å². The van der Waals surface area contributed by atoms with Crippen molar-refractivity contribution in [3.05, 3.63) is 76.6 Å². The molecule has 0 aliphatic heterocycles. The number of anilines is 1. The SMILES string of the molecule is CCc1ccc(NC(=O)CSc2ncc(CO)n2Cc2ccc(Cl)cc2)cc1. The summed E-state index contributed by atoms with van der Waals surface area (Å²) in [6, 6.07) is 15.4. The number of hydrogen-bond donors (Lipinski definition) is 2. The molecule has 5 nitrogen and oxygen atoms in total. The molecule has 1 amide bonds. The molecule has 2 N–H and O–H groups in total. The molecule has 0 bridgehead atoms. The summed E-state index contributed by atoms with van der Waals surface area (Å²) >= 11 is 7.29. The van der Waals surface area contributed by atoms with Gasteiger partial charge < -0.3 is 15.0 Å². The number of imidazole rings is 1. The van der Waals surface area contributed by atoms with E-state index in [1.807, 2.05) is 53.1 Å². The lowest BCUT2D eigenvalue weighted by atomic mass is 10.1. The maximum absolute atomic E-state index is 12.3. The van der Waals surface area contributed by atoms with E-state index in [-0.39, 0.29) is 18.3 Å². The fourth-order valence-corrected chi connectivity index (χ4v) is 3.65. The third-order valence-corrected chi connectivity index (χ3v) is 5.54. The molecule has 0 spiro atoms. The molecule has 2 aromatic carbocycles. The van der Waals surface area contributed by atoms with E-state index in [0.29, 0.717) is 22.4 Å². The first-order valence-corrected chi connectivity index (χ1v) is 10.4. The van der Waals surface area contributed by atoms with Crippen LogP contribution in [0.3, 0.4) is 0 Å². The third-order valence-electron chi connectivity index (χ3n) is 4.30. The van der Waals surface area contributed by atoms with E-state index in [9.17, 15) is 9.90 Å². The number of hydrogen-bond acceptors (Lipinski definition) is 4. The fourth-order valence-electron chi connectivity index (χ4n) is 2.73. The second kappa shape index (κ2) is 9.78. The highest BCUT2D eigenvalue weighted by Crippen LogP contribution is 2.22. The molecular weight excluding hydrogens is 394 g/mol. The molecule has 0 atom stereocenters. The van der Waals surface area contributed by atoms with Gasteiger partial charge in [0.25, 0.3) is 0 Å². The molecule has 7 heteroatoms. The number of nitrogens with zero attached hydrogens (tertiary/aromatic N) is 2. The highest BCUT2D eigenvalue weighted by molar-refractivity contribution is 7.99. The number of carbonyl (C=O) groups is 1. The van der Waals surface area contributed by atoms with Crippen LogP contribution in [-0.2, 0) is 24.4 Å². The van der Waals surface area contributed by atoms with Crippen LogP contribution in [0.5, 0.6) is 0 Å². The quantitative estimate of drug-likeness (QED) is 0.536. The van der Waals surface area contributed by atoms with Crippen LogP contribution in [-0.4, -0.2) is 26.3 Å². The van der Waals surface area contributed by atoms with Crippen molar-refractivity contribution in [2.45, 2.75) is 31.7 Å². The van der Waals surface area contributed by atoms with Gasteiger partial charge in [0, 0.05) is 17.3 Å². The number of halogens is 1. The normalized spacial score (nSPS) is 10.8. The summed E-state index contributed by atoms with van der Waals surface area (Å²) in [7, 11) is 0. The van der Waals surface area contributed by atoms with Crippen LogP contribution < -0.4 is 5.32 Å². The average Bonchev–Trinajstić information content (AvgIpc) is 3.10. The maximum atomic E-state index is 12.3. The maximum Gasteiger partial charge on any atom is 0.234 e. The Kier molecular flexibility index (Phi) is 7.14. The Balaban J connectivity index is 1.64. The van der Waals surface area contributed by atoms with E-state index in [1.54, 1.807) is 6.20 Å². The fraction of sp³-hybridized carbons (Fsp3) is 0.238. The zero-order valence-corrected chi connectivity index (χ0v) is 17.1. The van der Waals surface area contributed by atoms with Crippen molar-refractivity contribution in [3.8, 4) is 0 Å². The number of aliphatic hydroxyl groups is 1. The van der Waals surface area contributed by atoms with Gasteiger partial charge in [0.05, 0.1) is 24.3 Å². The molecule has 3 aromatic rings. The van der Waals surface area contributed by atoms with Gasteiger partial charge in [-0.25, -0.2) is 4.98 Å². The van der Waals surface area contributed by atoms with Gasteiger partial charge in [-0.15, -0.1) is 0 Å². The summed E-state index contributed by atoms with van der Waals surface area (Å²) in [6.45, 7) is 2.53. The topological polar surface area (TPSA) is 67.2 Å². The van der Waals surface area contributed by atoms with E-state index >= 15 is 0 Å². The summed E-state index contributed by atoms with van der Waals surface area (Å²) in [5, 5.41) is 13.9. The average molecular weight is 416 g/mol. The predicted octanol–water partition coefficient (Wildman–Crippen LogP) is 4.37. The molecule has 0 fully saturated rings. The standard InChI is InChI=1S/C21H22ClN3O2S/c1-2-15-5-9-18(10-6-15)24-20(27)14-28-21-23-11-19(13-26)25(21)12-16-3-7-17(22)8-4-16/h3-11,26H,2,12-14H2,1H3,(H,24,27). The van der Waals surface area contributed by atoms with Gasteiger partial charge in [0.1, 0.15) is 0 Å². The van der Waals surface area contributed by atoms with E-state index < -0.39 is 0 Å². The van der Waals surface area contributed by atoms with Crippen LogP contribution in [0.4, 0.5) is 5.69 Å². The largest absolute Gasteiger partial charge is 0.390 e. The summed E-state index contributed by atoms with van der Waals surface area (Å²) in [5.41, 5.74) is 3.75. The number of benzene rings is 2. The van der Waals surface area contributed by atoms with Crippen molar-refractivity contribution < 1.29 is 9.90 Å². The first-order valence-electron chi connectivity index (χ1n) is 9.00. The van der Waals surface area contributed by atoms with Crippen LogP contribution >= 0.6 is 23.4 Å². The smallest absolute Gasteiger partial charge is 0.234 e. The Morgan fingerprint density at radius 1 is 1.14 bits per heavy atom. The number of aromatic nitrogens is 2. The zero-order valence-electron chi connectivity index (χ0n) is 15.6. The summed E-state index contributed by atoms with van der Waals surface area (Å²) in [4.78, 5) is 16.7. The van der Waals surface area contributed by atoms with Gasteiger partial charge in [0.2, 0.25) is 5.91 Å². The van der Waals surface area contributed by atoms with Gasteiger partial charge in [-0.1, -0.05) is 54.6 Å². The van der Waals surface area contributed by atoms with Crippen LogP contribution in [0.25, 0.3) is 0 Å². The van der Waals surface area contributed by atoms with Crippen LogP contribution in [0.2, 0.25) is 5.02 Å². The van der Waals surface area contributed by atoms with Gasteiger partial charge in [-0.05, 0) is 41.8 Å². The Morgan fingerprint density at radius 2 is 1.82 bits per heavy atom. The molecular formula is C21H22ClN3O2S. The highest BCUT2D eigenvalue weighted by atomic mass is 35.5. The molecule has 0 aliphatic rings. The van der Waals surface area contributed by atoms with Crippen molar-refractivity contribution >= 4 is 35.0 Å². The lowest BCUT2D eigenvalue weighted by Gasteiger charge is -2.11. The van der Waals surface area contributed by atoms with Crippen molar-refractivity contribution in [2.75, 3.05) is 11.1 Å². The summed E-state index contributed by atoms with van der Waals surface area (Å²) in [5.74, 6) is 0.138. The third kappa shape index (κ3) is 5.38. The Labute approximate surface area is 173 Å². The molecule has 1 heterocycles. The number of rotatable bonds is 8. The number of amides is 1. The van der Waals surface area contributed by atoms with Crippen molar-refractivity contribution in [2.24, 2.45) is 0 Å². The minimum absolute atomic E-state index is 0.0964. The Bertz CT molecular complexity index is 924. The molecule has 1 aromatic heterocycles. The number of carbonyl (C=O) groups excluding carboxylic acids is 1. The second-order valence-electron chi connectivity index (χ2n) is 6.29. The molecule has 146 valence electrons. The van der Waals surface area contributed by atoms with E-state index in [4.69, 9.17) is 11.6 Å². The molecule has 28 heavy (non-hydrogen) atoms. The Morgan fingerprint density at radius 3 is 2.46 bits per heavy atom. The van der Waals surface area contributed by atoms with E-state index in [1.165, 1.54) is 17.3 Å². The van der Waals surface area contributed by atoms with Crippen LogP contribution in [0, 0.1) is 0 Å². The van der Waals surface area contributed by atoms with Gasteiger partial charge in [-0.3, -0.25) is 4.79 Å². The number of aryl methyl sites for hydroxylation is 1. The van der Waals surface area contributed by atoms with E-state index in [2.05, 4.69) is 17.2 Å². The van der Waals surface area contributed by atoms with Gasteiger partial charge in [0.15, 0.2) is 5.16 Å². The first-order chi connectivity index (χ1) is 13.6. The lowest BCUT2D eigenvalue weighted by Crippen LogP contribution is -2.15. The minimum Gasteiger partial charge on any atom is -0.390 e. The van der Waals surface area contributed by atoms with Crippen LogP contribution in [0.1, 0.15) is 23.7 Å². The number of aliphatic hydroxyl groups excluding tert-OH is 1. The van der Waals surface area contributed by atoms with Crippen LogP contribution in [0.15, 0.2) is 59.9 Å². The summed E-state index contributed by atoms with van der Waals surface area (Å²) in [6.07, 6.45) is 2.60. The van der Waals surface area contributed by atoms with Gasteiger partial charge in [-0.2, -0.15) is 0 Å². The minimum atomic E-state index is -0.114. The lowest BCUT2D eigenvalue weighted by molar-refractivity contribution is -0.113. The van der Waals surface area contributed by atoms with Gasteiger partial charge >= 0.3 is 0 Å². The molecule has 0 radical (unpaired) electrons. The number of thioether (sulfide) groups is 1. The van der Waals surface area contributed by atoms with Crippen molar-refractivity contribution in [1.82, 2.24) is 9.55 Å². The first kappa shape index (κ1) is 20.5. The monoisotopic (exact) mass is 415 g/mol. The summed E-state index contributed by atoms with van der Waals surface area (Å²) < 4.78 is 1.91. The Hall–Kier alpha value is -2.28. The number of nitrogens with one attached hydrogen (secondary N) is 1. The molecule has 0 unspecified atom stereocenters. The molecule has 0 aliphatic carbocycles. The zero-order chi connectivity index (χ0) is 19.9.